The van der Waals surface area contributed by atoms with Crippen LogP contribution in [0.15, 0.2) is 18.2 Å². The van der Waals surface area contributed by atoms with E-state index in [2.05, 4.69) is 0 Å². The molecule has 0 aliphatic carbocycles. The van der Waals surface area contributed by atoms with Gasteiger partial charge in [0.05, 0.1) is 5.02 Å². The lowest BCUT2D eigenvalue weighted by molar-refractivity contribution is 0.100. The van der Waals surface area contributed by atoms with E-state index in [1.165, 1.54) is 18.2 Å². The Bertz CT molecular complexity index is 610. The van der Waals surface area contributed by atoms with Crippen molar-refractivity contribution in [1.82, 2.24) is 5.32 Å². The summed E-state index contributed by atoms with van der Waals surface area (Å²) in [5.74, 6) is 0.150. The summed E-state index contributed by atoms with van der Waals surface area (Å²) in [5.41, 5.74) is -3.22. The molecule has 0 radical (unpaired) electrons. The zero-order chi connectivity index (χ0) is 21.3. The molecule has 0 bridgehead atoms. The number of nitrogens with one attached hydrogen (secondary N) is 1. The summed E-state index contributed by atoms with van der Waals surface area (Å²) in [4.78, 5) is 0. The summed E-state index contributed by atoms with van der Waals surface area (Å²) in [7, 11) is 0. The third-order valence-electron chi connectivity index (χ3n) is 1.93. The van der Waals surface area contributed by atoms with Crippen molar-refractivity contribution in [2.24, 2.45) is 0 Å². The van der Waals surface area contributed by atoms with Crippen LogP contribution in [-0.2, 0) is 0 Å². The topological polar surface area (TPSA) is 41.5 Å². The largest absolute Gasteiger partial charge is 0.489 e. The predicted octanol–water partition coefficient (Wildman–Crippen LogP) is 3.12. The van der Waals surface area contributed by atoms with Crippen LogP contribution >= 0.6 is 23.2 Å². The third kappa shape index (κ3) is 5.91. The molecule has 102 valence electrons. The Kier molecular flexibility index (Phi) is 2.50. The lowest BCUT2D eigenvalue weighted by Gasteiger charge is -2.23. The fraction of sp³-hybridized carbons (Fsp3) is 0.538. The Hall–Kier alpha value is -0.480. The van der Waals surface area contributed by atoms with E-state index in [9.17, 15) is 5.11 Å². The van der Waals surface area contributed by atoms with Crippen molar-refractivity contribution in [2.75, 3.05) is 13.2 Å². The van der Waals surface area contributed by atoms with Crippen LogP contribution in [0.3, 0.4) is 0 Å². The molecule has 0 amide bonds. The molecule has 1 unspecified atom stereocenters. The molecule has 0 aliphatic rings. The standard InChI is InChI=1S/C13H19Cl2NO2/c1-13(2,3)16-7-10(17)8-18-12-6-9(14)4-5-11(12)15/h4-6,10,16-17H,7-8H2,1-3H3/i1D3,2D3,3D3. The molecule has 0 aromatic heterocycles. The maximum atomic E-state index is 10.0. The van der Waals surface area contributed by atoms with Gasteiger partial charge in [-0.2, -0.15) is 0 Å². The molecule has 5 heteroatoms. The molecular weight excluding hydrogens is 273 g/mol. The molecule has 18 heavy (non-hydrogen) atoms. The zero-order valence-electron chi connectivity index (χ0n) is 18.3. The predicted molar refractivity (Wildman–Crippen MR) is 75.7 cm³/mol. The van der Waals surface area contributed by atoms with E-state index in [-0.39, 0.29) is 10.8 Å². The number of ether oxygens (including phenoxy) is 1. The second-order valence-corrected chi connectivity index (χ2v) is 4.51. The highest BCUT2D eigenvalue weighted by atomic mass is 35.5. The highest BCUT2D eigenvalue weighted by molar-refractivity contribution is 6.34. The average Bonchev–Trinajstić information content (AvgIpc) is 2.44. The van der Waals surface area contributed by atoms with Crippen molar-refractivity contribution < 1.29 is 22.2 Å². The summed E-state index contributed by atoms with van der Waals surface area (Å²) in [6.45, 7) is -11.3. The van der Waals surface area contributed by atoms with E-state index >= 15 is 0 Å². The number of rotatable bonds is 5. The van der Waals surface area contributed by atoms with Gasteiger partial charge in [-0.3, -0.25) is 0 Å². The smallest absolute Gasteiger partial charge is 0.139 e. The fourth-order valence-electron chi connectivity index (χ4n) is 1.10. The number of aliphatic hydroxyl groups is 1. The van der Waals surface area contributed by atoms with Crippen molar-refractivity contribution in [3.05, 3.63) is 28.2 Å². The Balaban J connectivity index is 2.94. The van der Waals surface area contributed by atoms with Crippen molar-refractivity contribution in [3.8, 4) is 5.75 Å². The number of hydrogen-bond donors (Lipinski definition) is 2. The van der Waals surface area contributed by atoms with Gasteiger partial charge in [0.2, 0.25) is 0 Å². The first-order valence-corrected chi connectivity index (χ1v) is 5.79. The molecule has 0 aliphatic heterocycles. The van der Waals surface area contributed by atoms with Crippen LogP contribution in [0.2, 0.25) is 10.0 Å². The first-order chi connectivity index (χ1) is 12.0. The first-order valence-electron chi connectivity index (χ1n) is 9.54. The van der Waals surface area contributed by atoms with E-state index < -0.39 is 45.4 Å². The van der Waals surface area contributed by atoms with Crippen LogP contribution < -0.4 is 10.1 Å². The highest BCUT2D eigenvalue weighted by Gasteiger charge is 2.13. The molecular formula is C13H19Cl2NO2. The molecule has 1 aromatic carbocycles. The molecule has 1 atom stereocenters. The summed E-state index contributed by atoms with van der Waals surface area (Å²) in [6.07, 6.45) is -1.42. The molecule has 1 rings (SSSR count). The van der Waals surface area contributed by atoms with Gasteiger partial charge in [0.1, 0.15) is 18.5 Å². The normalized spacial score (nSPS) is 22.9. The van der Waals surface area contributed by atoms with Crippen molar-refractivity contribution in [3.63, 3.8) is 0 Å². The number of β-amino-alcohol motifs (C(OH)–C–C–N with tert-alkyl or cyclic N) is 1. The second-order valence-electron chi connectivity index (χ2n) is 3.67. The monoisotopic (exact) mass is 300 g/mol. The van der Waals surface area contributed by atoms with Gasteiger partial charge in [-0.15, -0.1) is 0 Å². The number of benzene rings is 1. The molecule has 3 nitrogen and oxygen atoms in total. The fourth-order valence-corrected chi connectivity index (χ4v) is 1.44. The minimum atomic E-state index is -3.40. The van der Waals surface area contributed by atoms with Gasteiger partial charge in [-0.05, 0) is 32.7 Å². The second kappa shape index (κ2) is 6.62. The van der Waals surface area contributed by atoms with Gasteiger partial charge in [-0.1, -0.05) is 23.2 Å². The van der Waals surface area contributed by atoms with Crippen LogP contribution in [-0.4, -0.2) is 29.9 Å². The molecule has 0 saturated carbocycles. The van der Waals surface area contributed by atoms with Crippen molar-refractivity contribution >= 4 is 23.2 Å². The van der Waals surface area contributed by atoms with E-state index in [0.29, 0.717) is 5.02 Å². The molecule has 0 heterocycles. The van der Waals surface area contributed by atoms with Gasteiger partial charge in [-0.25, -0.2) is 0 Å². The van der Waals surface area contributed by atoms with Crippen LogP contribution in [0, 0.1) is 0 Å². The van der Waals surface area contributed by atoms with E-state index in [0.717, 1.165) is 0 Å². The molecule has 2 N–H and O–H groups in total. The lowest BCUT2D eigenvalue weighted by Crippen LogP contribution is -2.42. The average molecular weight is 301 g/mol. The maximum absolute atomic E-state index is 10.0. The zero-order valence-corrected chi connectivity index (χ0v) is 10.8. The Labute approximate surface area is 131 Å². The third-order valence-corrected chi connectivity index (χ3v) is 2.47. The summed E-state index contributed by atoms with van der Waals surface area (Å²) < 4.78 is 72.7. The van der Waals surface area contributed by atoms with E-state index in [1.54, 1.807) is 0 Å². The summed E-state index contributed by atoms with van der Waals surface area (Å²) in [6, 6.07) is 4.38. The Morgan fingerprint density at radius 3 is 2.83 bits per heavy atom. The van der Waals surface area contributed by atoms with Crippen LogP contribution in [0.25, 0.3) is 0 Å². The quantitative estimate of drug-likeness (QED) is 0.878. The number of hydrogen-bond acceptors (Lipinski definition) is 3. The molecule has 0 fully saturated rings. The first kappa shape index (κ1) is 6.80. The summed E-state index contributed by atoms with van der Waals surface area (Å²) in [5, 5.41) is 12.6. The van der Waals surface area contributed by atoms with Gasteiger partial charge < -0.3 is 15.2 Å². The molecule has 1 aromatic rings. The van der Waals surface area contributed by atoms with Crippen LogP contribution in [0.5, 0.6) is 5.75 Å². The van der Waals surface area contributed by atoms with Crippen LogP contribution in [0.1, 0.15) is 32.9 Å². The maximum Gasteiger partial charge on any atom is 0.139 e. The number of halogens is 2. The number of aliphatic hydroxyl groups excluding tert-OH is 1. The SMILES string of the molecule is [2H]C([2H])([2H])C(NCC(O)COc1cc(Cl)ccc1Cl)(C([2H])([2H])[2H])C([2H])([2H])[2H]. The summed E-state index contributed by atoms with van der Waals surface area (Å²) >= 11 is 11.7. The lowest BCUT2D eigenvalue weighted by atomic mass is 10.1. The van der Waals surface area contributed by atoms with E-state index in [1.807, 2.05) is 5.32 Å². The van der Waals surface area contributed by atoms with Crippen molar-refractivity contribution in [1.29, 1.82) is 0 Å². The van der Waals surface area contributed by atoms with Gasteiger partial charge >= 0.3 is 0 Å². The van der Waals surface area contributed by atoms with Crippen molar-refractivity contribution in [2.45, 2.75) is 32.2 Å². The van der Waals surface area contributed by atoms with Gasteiger partial charge in [0.25, 0.3) is 0 Å². The van der Waals surface area contributed by atoms with Gasteiger partial charge in [0, 0.05) is 35.5 Å². The molecule has 0 spiro atoms. The van der Waals surface area contributed by atoms with Gasteiger partial charge in [0.15, 0.2) is 0 Å². The van der Waals surface area contributed by atoms with Crippen LogP contribution in [0.4, 0.5) is 0 Å². The minimum absolute atomic E-state index is 0.150. The highest BCUT2D eigenvalue weighted by Crippen LogP contribution is 2.27. The van der Waals surface area contributed by atoms with E-state index in [4.69, 9.17) is 40.3 Å². The molecule has 0 saturated heterocycles. The minimum Gasteiger partial charge on any atom is -0.489 e. The Morgan fingerprint density at radius 2 is 2.17 bits per heavy atom. The Morgan fingerprint density at radius 1 is 1.44 bits per heavy atom.